The van der Waals surface area contributed by atoms with Gasteiger partial charge in [0.15, 0.2) is 0 Å². The number of carbonyl (C=O) groups is 1. The van der Waals surface area contributed by atoms with E-state index >= 15 is 0 Å². The lowest BCUT2D eigenvalue weighted by molar-refractivity contribution is 0.0697. The highest BCUT2D eigenvalue weighted by molar-refractivity contribution is 5.94. The van der Waals surface area contributed by atoms with Crippen LogP contribution in [0.4, 0.5) is 5.69 Å². The Morgan fingerprint density at radius 2 is 2.12 bits per heavy atom. The molecule has 0 saturated carbocycles. The zero-order valence-corrected chi connectivity index (χ0v) is 10.3. The summed E-state index contributed by atoms with van der Waals surface area (Å²) in [6.07, 6.45) is 0. The van der Waals surface area contributed by atoms with Crippen LogP contribution in [0.15, 0.2) is 24.3 Å². The Labute approximate surface area is 102 Å². The second kappa shape index (κ2) is 6.91. The number of hydrogen-bond acceptors (Lipinski definition) is 3. The van der Waals surface area contributed by atoms with Gasteiger partial charge in [-0.05, 0) is 18.1 Å². The average Bonchev–Trinajstić information content (AvgIpc) is 2.28. The van der Waals surface area contributed by atoms with Crippen molar-refractivity contribution in [3.8, 4) is 0 Å². The van der Waals surface area contributed by atoms with Gasteiger partial charge in [-0.3, -0.25) is 0 Å². The van der Waals surface area contributed by atoms with Crippen LogP contribution in [0, 0.1) is 5.92 Å². The molecule has 0 aliphatic rings. The number of anilines is 1. The molecule has 1 aromatic rings. The van der Waals surface area contributed by atoms with Crippen molar-refractivity contribution in [2.24, 2.45) is 5.92 Å². The first-order valence-corrected chi connectivity index (χ1v) is 5.75. The van der Waals surface area contributed by atoms with Crippen LogP contribution in [0.5, 0.6) is 0 Å². The van der Waals surface area contributed by atoms with E-state index < -0.39 is 5.97 Å². The molecule has 0 saturated heterocycles. The van der Waals surface area contributed by atoms with Crippen LogP contribution in [-0.2, 0) is 4.74 Å². The summed E-state index contributed by atoms with van der Waals surface area (Å²) < 4.78 is 5.41. The maximum absolute atomic E-state index is 10.9. The van der Waals surface area contributed by atoms with Gasteiger partial charge in [-0.25, -0.2) is 4.79 Å². The molecule has 0 aliphatic heterocycles. The van der Waals surface area contributed by atoms with Crippen molar-refractivity contribution in [1.82, 2.24) is 0 Å². The number of nitrogens with one attached hydrogen (secondary N) is 1. The quantitative estimate of drug-likeness (QED) is 0.715. The van der Waals surface area contributed by atoms with E-state index in [1.54, 1.807) is 18.2 Å². The van der Waals surface area contributed by atoms with Crippen molar-refractivity contribution >= 4 is 11.7 Å². The third kappa shape index (κ3) is 4.87. The standard InChI is InChI=1S/C13H19NO3/c1-10(2)9-17-8-7-14-12-6-4-3-5-11(12)13(15)16/h3-6,10,14H,7-9H2,1-2H3,(H,15,16). The topological polar surface area (TPSA) is 58.6 Å². The number of para-hydroxylation sites is 1. The molecule has 0 spiro atoms. The van der Waals surface area contributed by atoms with Gasteiger partial charge in [0, 0.05) is 18.8 Å². The van der Waals surface area contributed by atoms with Gasteiger partial charge in [-0.1, -0.05) is 26.0 Å². The lowest BCUT2D eigenvalue weighted by Gasteiger charge is -2.10. The van der Waals surface area contributed by atoms with Crippen molar-refractivity contribution in [3.05, 3.63) is 29.8 Å². The number of carboxylic acids is 1. The molecular formula is C13H19NO3. The summed E-state index contributed by atoms with van der Waals surface area (Å²) in [6, 6.07) is 6.86. The second-order valence-electron chi connectivity index (χ2n) is 4.25. The molecule has 0 amide bonds. The number of rotatable bonds is 7. The zero-order valence-electron chi connectivity index (χ0n) is 10.3. The second-order valence-corrected chi connectivity index (χ2v) is 4.25. The van der Waals surface area contributed by atoms with Crippen molar-refractivity contribution in [2.75, 3.05) is 25.1 Å². The first-order valence-electron chi connectivity index (χ1n) is 5.75. The van der Waals surface area contributed by atoms with Crippen LogP contribution in [0.25, 0.3) is 0 Å². The number of carboxylic acid groups (broad SMARTS) is 1. The average molecular weight is 237 g/mol. The van der Waals surface area contributed by atoms with E-state index in [1.165, 1.54) is 0 Å². The molecule has 1 rings (SSSR count). The van der Waals surface area contributed by atoms with Gasteiger partial charge in [0.2, 0.25) is 0 Å². The van der Waals surface area contributed by atoms with Gasteiger partial charge in [0.1, 0.15) is 0 Å². The van der Waals surface area contributed by atoms with Crippen LogP contribution in [0.2, 0.25) is 0 Å². The molecule has 0 heterocycles. The number of ether oxygens (including phenoxy) is 1. The fraction of sp³-hybridized carbons (Fsp3) is 0.462. The minimum Gasteiger partial charge on any atom is -0.478 e. The predicted molar refractivity (Wildman–Crippen MR) is 67.5 cm³/mol. The molecular weight excluding hydrogens is 218 g/mol. The molecule has 0 unspecified atom stereocenters. The lowest BCUT2D eigenvalue weighted by Crippen LogP contribution is -2.14. The van der Waals surface area contributed by atoms with Crippen molar-refractivity contribution in [3.63, 3.8) is 0 Å². The number of aromatic carboxylic acids is 1. The first-order chi connectivity index (χ1) is 8.11. The molecule has 4 heteroatoms. The van der Waals surface area contributed by atoms with Crippen molar-refractivity contribution < 1.29 is 14.6 Å². The van der Waals surface area contributed by atoms with Gasteiger partial charge in [-0.15, -0.1) is 0 Å². The van der Waals surface area contributed by atoms with E-state index in [-0.39, 0.29) is 5.56 Å². The summed E-state index contributed by atoms with van der Waals surface area (Å²) >= 11 is 0. The fourth-order valence-electron chi connectivity index (χ4n) is 1.40. The Hall–Kier alpha value is -1.55. The fourth-order valence-corrected chi connectivity index (χ4v) is 1.40. The van der Waals surface area contributed by atoms with Gasteiger partial charge >= 0.3 is 5.97 Å². The van der Waals surface area contributed by atoms with Gasteiger partial charge in [-0.2, -0.15) is 0 Å². The molecule has 4 nitrogen and oxygen atoms in total. The minimum atomic E-state index is -0.920. The molecule has 0 atom stereocenters. The largest absolute Gasteiger partial charge is 0.478 e. The Balaban J connectivity index is 2.39. The van der Waals surface area contributed by atoms with E-state index in [0.717, 1.165) is 6.61 Å². The van der Waals surface area contributed by atoms with E-state index in [0.29, 0.717) is 24.8 Å². The molecule has 0 fully saturated rings. The first kappa shape index (κ1) is 13.5. The normalized spacial score (nSPS) is 10.5. The van der Waals surface area contributed by atoms with Gasteiger partial charge in [0.05, 0.1) is 12.2 Å². The smallest absolute Gasteiger partial charge is 0.337 e. The van der Waals surface area contributed by atoms with Crippen LogP contribution in [0.3, 0.4) is 0 Å². The maximum atomic E-state index is 10.9. The van der Waals surface area contributed by atoms with Crippen LogP contribution >= 0.6 is 0 Å². The molecule has 94 valence electrons. The zero-order chi connectivity index (χ0) is 12.7. The molecule has 2 N–H and O–H groups in total. The number of benzene rings is 1. The van der Waals surface area contributed by atoms with Crippen LogP contribution < -0.4 is 5.32 Å². The van der Waals surface area contributed by atoms with E-state index in [9.17, 15) is 4.79 Å². The molecule has 0 aliphatic carbocycles. The minimum absolute atomic E-state index is 0.288. The maximum Gasteiger partial charge on any atom is 0.337 e. The van der Waals surface area contributed by atoms with Crippen molar-refractivity contribution in [1.29, 1.82) is 0 Å². The van der Waals surface area contributed by atoms with Crippen LogP contribution in [0.1, 0.15) is 24.2 Å². The Morgan fingerprint density at radius 3 is 2.76 bits per heavy atom. The summed E-state index contributed by atoms with van der Waals surface area (Å²) in [5.74, 6) is -0.405. The van der Waals surface area contributed by atoms with Crippen LogP contribution in [-0.4, -0.2) is 30.8 Å². The van der Waals surface area contributed by atoms with E-state index in [2.05, 4.69) is 19.2 Å². The summed E-state index contributed by atoms with van der Waals surface area (Å²) in [5, 5.41) is 12.0. The van der Waals surface area contributed by atoms with Gasteiger partial charge in [0.25, 0.3) is 0 Å². The monoisotopic (exact) mass is 237 g/mol. The summed E-state index contributed by atoms with van der Waals surface area (Å²) in [4.78, 5) is 10.9. The van der Waals surface area contributed by atoms with Gasteiger partial charge < -0.3 is 15.2 Å². The third-order valence-electron chi connectivity index (χ3n) is 2.17. The highest BCUT2D eigenvalue weighted by Crippen LogP contribution is 2.14. The van der Waals surface area contributed by atoms with E-state index in [1.807, 2.05) is 6.07 Å². The summed E-state index contributed by atoms with van der Waals surface area (Å²) in [6.45, 7) is 6.09. The molecule has 0 bridgehead atoms. The molecule has 17 heavy (non-hydrogen) atoms. The predicted octanol–water partition coefficient (Wildman–Crippen LogP) is 2.47. The lowest BCUT2D eigenvalue weighted by atomic mass is 10.2. The highest BCUT2D eigenvalue weighted by Gasteiger charge is 2.07. The highest BCUT2D eigenvalue weighted by atomic mass is 16.5. The van der Waals surface area contributed by atoms with Crippen molar-refractivity contribution in [2.45, 2.75) is 13.8 Å². The Morgan fingerprint density at radius 1 is 1.41 bits per heavy atom. The Bertz CT molecular complexity index is 363. The van der Waals surface area contributed by atoms with E-state index in [4.69, 9.17) is 9.84 Å². The Kier molecular flexibility index (Phi) is 5.49. The SMILES string of the molecule is CC(C)COCCNc1ccccc1C(=O)O. The molecule has 1 aromatic carbocycles. The summed E-state index contributed by atoms with van der Waals surface area (Å²) in [5.41, 5.74) is 0.921. The summed E-state index contributed by atoms with van der Waals surface area (Å²) in [7, 11) is 0. The molecule has 0 radical (unpaired) electrons. The number of hydrogen-bond donors (Lipinski definition) is 2. The third-order valence-corrected chi connectivity index (χ3v) is 2.17. The molecule has 0 aromatic heterocycles.